The average molecular weight is 480 g/mol. The van der Waals surface area contributed by atoms with Gasteiger partial charge in [-0.05, 0) is 41.8 Å². The minimum absolute atomic E-state index is 0.138. The van der Waals surface area contributed by atoms with E-state index >= 15 is 0 Å². The van der Waals surface area contributed by atoms with Crippen molar-refractivity contribution in [1.29, 1.82) is 0 Å². The number of thiophene rings is 1. The van der Waals surface area contributed by atoms with E-state index in [4.69, 9.17) is 9.47 Å². The molecule has 4 rings (SSSR count). The molecule has 1 amide bonds. The Kier molecular flexibility index (Phi) is 7.38. The summed E-state index contributed by atoms with van der Waals surface area (Å²) in [6.07, 6.45) is 1.62. The van der Waals surface area contributed by atoms with E-state index < -0.39 is 0 Å². The fraction of sp³-hybridized carbons (Fsp3) is 0.130. The molecule has 0 spiro atoms. The van der Waals surface area contributed by atoms with Crippen LogP contribution in [0.5, 0.6) is 11.5 Å². The van der Waals surface area contributed by atoms with Gasteiger partial charge < -0.3 is 9.47 Å². The number of carbonyl (C=O) groups excluding carboxylic acids is 1. The number of nitrogens with one attached hydrogen (secondary N) is 1. The number of para-hydroxylation sites is 1. The molecule has 0 atom stereocenters. The zero-order valence-electron chi connectivity index (χ0n) is 18.0. The second kappa shape index (κ2) is 10.8. The van der Waals surface area contributed by atoms with Crippen LogP contribution in [0, 0.1) is 0 Å². The third-order valence-electron chi connectivity index (χ3n) is 4.55. The van der Waals surface area contributed by atoms with Gasteiger partial charge in [0.05, 0.1) is 26.2 Å². The quantitative estimate of drug-likeness (QED) is 0.219. The molecule has 0 radical (unpaired) electrons. The number of hydrogen-bond donors (Lipinski definition) is 1. The van der Waals surface area contributed by atoms with Crippen molar-refractivity contribution in [1.82, 2.24) is 20.2 Å². The normalized spacial score (nSPS) is 11.0. The molecular weight excluding hydrogens is 458 g/mol. The standard InChI is InChI=1S/C23H21N5O3S2/c1-30-19-11-10-16(13-20(19)31-2)22-26-27-23(28(22)17-7-4-3-5-8-17)33-15-21(29)25-24-14-18-9-6-12-32-18/h3-14H,15H2,1-2H3,(H,25,29)/b24-14+. The molecule has 1 N–H and O–H groups in total. The molecule has 2 aromatic heterocycles. The molecule has 0 aliphatic carbocycles. The summed E-state index contributed by atoms with van der Waals surface area (Å²) in [7, 11) is 3.18. The van der Waals surface area contributed by atoms with Gasteiger partial charge in [0.2, 0.25) is 0 Å². The summed E-state index contributed by atoms with van der Waals surface area (Å²) >= 11 is 2.83. The van der Waals surface area contributed by atoms with Crippen LogP contribution >= 0.6 is 23.1 Å². The molecule has 4 aromatic rings. The maximum atomic E-state index is 12.3. The highest BCUT2D eigenvalue weighted by molar-refractivity contribution is 7.99. The van der Waals surface area contributed by atoms with Gasteiger partial charge >= 0.3 is 0 Å². The number of nitrogens with zero attached hydrogens (tertiary/aromatic N) is 4. The highest BCUT2D eigenvalue weighted by Gasteiger charge is 2.18. The Morgan fingerprint density at radius 2 is 1.91 bits per heavy atom. The first-order valence-corrected chi connectivity index (χ1v) is 11.8. The number of carbonyl (C=O) groups is 1. The van der Waals surface area contributed by atoms with Crippen molar-refractivity contribution in [3.05, 3.63) is 70.9 Å². The Morgan fingerprint density at radius 3 is 2.64 bits per heavy atom. The molecule has 8 nitrogen and oxygen atoms in total. The first-order valence-electron chi connectivity index (χ1n) is 9.91. The summed E-state index contributed by atoms with van der Waals surface area (Å²) in [6, 6.07) is 19.2. The molecule has 168 valence electrons. The predicted octanol–water partition coefficient (Wildman–Crippen LogP) is 4.26. The fourth-order valence-electron chi connectivity index (χ4n) is 3.03. The molecule has 0 aliphatic rings. The van der Waals surface area contributed by atoms with Gasteiger partial charge in [0.15, 0.2) is 22.5 Å². The van der Waals surface area contributed by atoms with Gasteiger partial charge in [-0.2, -0.15) is 5.10 Å². The largest absolute Gasteiger partial charge is 0.493 e. The number of amides is 1. The van der Waals surface area contributed by atoms with Crippen LogP contribution in [-0.2, 0) is 4.79 Å². The van der Waals surface area contributed by atoms with Crippen molar-refractivity contribution < 1.29 is 14.3 Å². The maximum absolute atomic E-state index is 12.3. The number of methoxy groups -OCH3 is 2. The van der Waals surface area contributed by atoms with E-state index in [2.05, 4.69) is 20.7 Å². The summed E-state index contributed by atoms with van der Waals surface area (Å²) in [4.78, 5) is 13.3. The molecule has 33 heavy (non-hydrogen) atoms. The number of hydrazone groups is 1. The molecule has 0 aliphatic heterocycles. The van der Waals surface area contributed by atoms with Crippen molar-refractivity contribution in [3.8, 4) is 28.6 Å². The van der Waals surface area contributed by atoms with Crippen LogP contribution in [0.15, 0.2) is 76.3 Å². The number of rotatable bonds is 9. The lowest BCUT2D eigenvalue weighted by molar-refractivity contribution is -0.118. The molecule has 0 bridgehead atoms. The van der Waals surface area contributed by atoms with Gasteiger partial charge in [0.1, 0.15) is 0 Å². The number of aromatic nitrogens is 3. The lowest BCUT2D eigenvalue weighted by atomic mass is 10.2. The summed E-state index contributed by atoms with van der Waals surface area (Å²) < 4.78 is 12.7. The van der Waals surface area contributed by atoms with Gasteiger partial charge in [-0.15, -0.1) is 21.5 Å². The van der Waals surface area contributed by atoms with Crippen LogP contribution in [-0.4, -0.2) is 46.9 Å². The lowest BCUT2D eigenvalue weighted by Crippen LogP contribution is -2.19. The summed E-state index contributed by atoms with van der Waals surface area (Å²) in [5, 5.41) is 15.3. The number of ether oxygens (including phenoxy) is 2. The Hall–Kier alpha value is -3.63. The molecule has 10 heteroatoms. The zero-order valence-corrected chi connectivity index (χ0v) is 19.6. The highest BCUT2D eigenvalue weighted by Crippen LogP contribution is 2.34. The zero-order chi connectivity index (χ0) is 23.0. The summed E-state index contributed by atoms with van der Waals surface area (Å²) in [5.74, 6) is 1.75. The van der Waals surface area contributed by atoms with Gasteiger partial charge in [-0.25, -0.2) is 5.43 Å². The van der Waals surface area contributed by atoms with Crippen LogP contribution in [0.4, 0.5) is 0 Å². The monoisotopic (exact) mass is 479 g/mol. The van der Waals surface area contributed by atoms with E-state index in [9.17, 15) is 4.79 Å². The molecule has 2 aromatic carbocycles. The van der Waals surface area contributed by atoms with Crippen molar-refractivity contribution >= 4 is 35.2 Å². The topological polar surface area (TPSA) is 90.6 Å². The SMILES string of the molecule is COc1ccc(-c2nnc(SCC(=O)N/N=C/c3cccs3)n2-c2ccccc2)cc1OC. The van der Waals surface area contributed by atoms with Crippen LogP contribution in [0.3, 0.4) is 0 Å². The molecule has 0 saturated heterocycles. The third kappa shape index (κ3) is 5.41. The van der Waals surface area contributed by atoms with E-state index in [-0.39, 0.29) is 11.7 Å². The van der Waals surface area contributed by atoms with Crippen molar-refractivity contribution in [2.24, 2.45) is 5.10 Å². The molecule has 0 fully saturated rings. The third-order valence-corrected chi connectivity index (χ3v) is 6.28. The number of thioether (sulfide) groups is 1. The van der Waals surface area contributed by atoms with E-state index in [0.29, 0.717) is 22.5 Å². The van der Waals surface area contributed by atoms with Gasteiger partial charge in [0.25, 0.3) is 5.91 Å². The molecule has 2 heterocycles. The van der Waals surface area contributed by atoms with E-state index in [0.717, 1.165) is 16.1 Å². The first-order chi connectivity index (χ1) is 16.2. The predicted molar refractivity (Wildman–Crippen MR) is 131 cm³/mol. The fourth-order valence-corrected chi connectivity index (χ4v) is 4.36. The Balaban J connectivity index is 1.57. The van der Waals surface area contributed by atoms with Gasteiger partial charge in [-0.3, -0.25) is 9.36 Å². The minimum atomic E-state index is -0.233. The maximum Gasteiger partial charge on any atom is 0.250 e. The lowest BCUT2D eigenvalue weighted by Gasteiger charge is -2.12. The minimum Gasteiger partial charge on any atom is -0.493 e. The van der Waals surface area contributed by atoms with Crippen LogP contribution in [0.1, 0.15) is 4.88 Å². The highest BCUT2D eigenvalue weighted by atomic mass is 32.2. The summed E-state index contributed by atoms with van der Waals surface area (Å²) in [6.45, 7) is 0. The smallest absolute Gasteiger partial charge is 0.250 e. The second-order valence-corrected chi connectivity index (χ2v) is 8.57. The van der Waals surface area contributed by atoms with E-state index in [1.807, 2.05) is 70.6 Å². The average Bonchev–Trinajstić information content (AvgIpc) is 3.53. The van der Waals surface area contributed by atoms with Gasteiger partial charge in [-0.1, -0.05) is 36.0 Å². The molecule has 0 saturated carbocycles. The van der Waals surface area contributed by atoms with Crippen LogP contribution in [0.25, 0.3) is 17.1 Å². The Labute approximate surface area is 199 Å². The van der Waals surface area contributed by atoms with Crippen molar-refractivity contribution in [2.45, 2.75) is 5.16 Å². The van der Waals surface area contributed by atoms with E-state index in [1.54, 1.807) is 31.8 Å². The second-order valence-electron chi connectivity index (χ2n) is 6.64. The van der Waals surface area contributed by atoms with Crippen LogP contribution in [0.2, 0.25) is 0 Å². The molecule has 0 unspecified atom stereocenters. The summed E-state index contributed by atoms with van der Waals surface area (Å²) in [5.41, 5.74) is 4.23. The number of benzene rings is 2. The van der Waals surface area contributed by atoms with E-state index in [1.165, 1.54) is 11.8 Å². The first kappa shape index (κ1) is 22.6. The number of hydrogen-bond acceptors (Lipinski definition) is 8. The van der Waals surface area contributed by atoms with Crippen LogP contribution < -0.4 is 14.9 Å². The Bertz CT molecular complexity index is 1240. The molecular formula is C23H21N5O3S2. The van der Waals surface area contributed by atoms with Crippen molar-refractivity contribution in [3.63, 3.8) is 0 Å². The van der Waals surface area contributed by atoms with Crippen molar-refractivity contribution in [2.75, 3.05) is 20.0 Å². The Morgan fingerprint density at radius 1 is 1.09 bits per heavy atom. The van der Waals surface area contributed by atoms with Gasteiger partial charge in [0, 0.05) is 16.1 Å².